The Balaban J connectivity index is 1.21. The molecule has 0 spiro atoms. The Morgan fingerprint density at radius 3 is 2.67 bits per heavy atom. The molecule has 10 heteroatoms. The second-order valence-corrected chi connectivity index (χ2v) is 9.77. The number of aromatic nitrogens is 2. The summed E-state index contributed by atoms with van der Waals surface area (Å²) in [5.74, 6) is 0.796. The maximum absolute atomic E-state index is 13.4. The first-order chi connectivity index (χ1) is 18.9. The number of carbonyl (C=O) groups excluding carboxylic acids is 2. The highest BCUT2D eigenvalue weighted by molar-refractivity contribution is 6.32. The van der Waals surface area contributed by atoms with E-state index in [1.165, 1.54) is 18.5 Å². The lowest BCUT2D eigenvalue weighted by Crippen LogP contribution is -2.26. The number of ether oxygens (including phenoxy) is 1. The number of carbonyl (C=O) groups is 2. The second-order valence-electron chi connectivity index (χ2n) is 9.36. The van der Waals surface area contributed by atoms with E-state index in [0.717, 1.165) is 18.2 Å². The highest BCUT2D eigenvalue weighted by Crippen LogP contribution is 2.32. The van der Waals surface area contributed by atoms with Crippen LogP contribution in [-0.2, 0) is 16.2 Å². The number of rotatable bonds is 11. The summed E-state index contributed by atoms with van der Waals surface area (Å²) in [6.45, 7) is 0.671. The fourth-order valence-electron chi connectivity index (χ4n) is 4.03. The van der Waals surface area contributed by atoms with Gasteiger partial charge < -0.3 is 20.7 Å². The van der Waals surface area contributed by atoms with Crippen molar-refractivity contribution in [2.75, 3.05) is 17.2 Å². The van der Waals surface area contributed by atoms with Crippen LogP contribution in [0.25, 0.3) is 10.9 Å². The maximum Gasteiger partial charge on any atom is 0.224 e. The molecule has 3 aromatic carbocycles. The third-order valence-corrected chi connectivity index (χ3v) is 6.52. The molecule has 3 N–H and O–H groups in total. The summed E-state index contributed by atoms with van der Waals surface area (Å²) in [5, 5.41) is 10.1. The van der Waals surface area contributed by atoms with Crippen molar-refractivity contribution in [3.8, 4) is 5.75 Å². The molecule has 2 amide bonds. The minimum Gasteiger partial charge on any atom is -0.487 e. The minimum absolute atomic E-state index is 0.0808. The van der Waals surface area contributed by atoms with E-state index in [1.54, 1.807) is 36.4 Å². The lowest BCUT2D eigenvalue weighted by Gasteiger charge is -2.13. The number of nitrogens with zero attached hydrogens (tertiary/aromatic N) is 2. The van der Waals surface area contributed by atoms with Gasteiger partial charge in [-0.05, 0) is 73.4 Å². The monoisotopic (exact) mass is 547 g/mol. The summed E-state index contributed by atoms with van der Waals surface area (Å²) in [6.07, 6.45) is 4.23. The fraction of sp³-hybridized carbons (Fsp3) is 0.241. The Hall–Kier alpha value is -4.24. The number of amides is 2. The molecular formula is C29H27ClFN5O3. The largest absolute Gasteiger partial charge is 0.487 e. The molecular weight excluding hydrogens is 521 g/mol. The average molecular weight is 548 g/mol. The topological polar surface area (TPSA) is 105 Å². The van der Waals surface area contributed by atoms with Crippen molar-refractivity contribution in [3.63, 3.8) is 0 Å². The first kappa shape index (κ1) is 26.4. The van der Waals surface area contributed by atoms with Gasteiger partial charge in [0.25, 0.3) is 0 Å². The van der Waals surface area contributed by atoms with Crippen LogP contribution in [0.1, 0.15) is 31.2 Å². The molecule has 4 aromatic rings. The maximum atomic E-state index is 13.4. The van der Waals surface area contributed by atoms with Crippen LogP contribution in [0.2, 0.25) is 5.02 Å². The molecule has 1 aromatic heterocycles. The molecule has 0 unspecified atom stereocenters. The van der Waals surface area contributed by atoms with Crippen LogP contribution >= 0.6 is 11.6 Å². The summed E-state index contributed by atoms with van der Waals surface area (Å²) in [4.78, 5) is 32.8. The summed E-state index contributed by atoms with van der Waals surface area (Å²) in [5.41, 5.74) is 2.70. The number of hydrogen-bond acceptors (Lipinski definition) is 6. The molecule has 0 atom stereocenters. The number of hydrogen-bond donors (Lipinski definition) is 3. The lowest BCUT2D eigenvalue weighted by atomic mass is 10.2. The molecule has 0 aliphatic heterocycles. The lowest BCUT2D eigenvalue weighted by molar-refractivity contribution is -0.122. The van der Waals surface area contributed by atoms with Gasteiger partial charge in [0, 0.05) is 35.6 Å². The van der Waals surface area contributed by atoms with Gasteiger partial charge in [0.15, 0.2) is 0 Å². The zero-order chi connectivity index (χ0) is 27.2. The predicted molar refractivity (Wildman–Crippen MR) is 149 cm³/mol. The Labute approximate surface area is 230 Å². The van der Waals surface area contributed by atoms with Crippen molar-refractivity contribution in [1.29, 1.82) is 0 Å². The minimum atomic E-state index is -0.323. The molecule has 1 heterocycles. The summed E-state index contributed by atoms with van der Waals surface area (Å²) in [6, 6.07) is 16.8. The van der Waals surface area contributed by atoms with E-state index in [0.29, 0.717) is 58.4 Å². The SMILES string of the molecule is O=C(CCCNC(=O)C1CC1)Nc1ccc2ncnc(Nc3ccc(OCc4cccc(F)c4)c(Cl)c3)c2c1. The Morgan fingerprint density at radius 1 is 1.03 bits per heavy atom. The first-order valence-electron chi connectivity index (χ1n) is 12.7. The van der Waals surface area contributed by atoms with E-state index in [4.69, 9.17) is 16.3 Å². The molecule has 1 saturated carbocycles. The van der Waals surface area contributed by atoms with E-state index in [1.807, 2.05) is 12.1 Å². The van der Waals surface area contributed by atoms with Crippen LogP contribution in [0, 0.1) is 11.7 Å². The molecule has 0 radical (unpaired) electrons. The van der Waals surface area contributed by atoms with E-state index < -0.39 is 0 Å². The first-order valence-corrected chi connectivity index (χ1v) is 13.1. The smallest absolute Gasteiger partial charge is 0.224 e. The molecule has 200 valence electrons. The molecule has 1 aliphatic rings. The summed E-state index contributed by atoms with van der Waals surface area (Å²) < 4.78 is 19.2. The summed E-state index contributed by atoms with van der Waals surface area (Å²) >= 11 is 6.44. The van der Waals surface area contributed by atoms with Gasteiger partial charge in [0.05, 0.1) is 10.5 Å². The van der Waals surface area contributed by atoms with E-state index in [2.05, 4.69) is 25.9 Å². The Morgan fingerprint density at radius 2 is 1.87 bits per heavy atom. The number of halogens is 2. The van der Waals surface area contributed by atoms with Crippen molar-refractivity contribution in [1.82, 2.24) is 15.3 Å². The fourth-order valence-corrected chi connectivity index (χ4v) is 4.26. The third kappa shape index (κ3) is 7.20. The number of anilines is 3. The van der Waals surface area contributed by atoms with Crippen LogP contribution in [0.5, 0.6) is 5.75 Å². The van der Waals surface area contributed by atoms with Gasteiger partial charge in [-0.25, -0.2) is 14.4 Å². The molecule has 5 rings (SSSR count). The van der Waals surface area contributed by atoms with Crippen LogP contribution in [0.4, 0.5) is 21.6 Å². The van der Waals surface area contributed by atoms with Gasteiger partial charge in [-0.3, -0.25) is 9.59 Å². The van der Waals surface area contributed by atoms with Crippen LogP contribution in [-0.4, -0.2) is 28.3 Å². The molecule has 1 fully saturated rings. The predicted octanol–water partition coefficient (Wildman–Crippen LogP) is 5.99. The normalized spacial score (nSPS) is 12.7. The Kier molecular flexibility index (Phi) is 8.17. The molecule has 39 heavy (non-hydrogen) atoms. The van der Waals surface area contributed by atoms with Gasteiger partial charge in [-0.1, -0.05) is 23.7 Å². The average Bonchev–Trinajstić information content (AvgIpc) is 3.77. The van der Waals surface area contributed by atoms with Gasteiger partial charge >= 0.3 is 0 Å². The van der Waals surface area contributed by atoms with Crippen molar-refractivity contribution in [2.45, 2.75) is 32.3 Å². The molecule has 8 nitrogen and oxygen atoms in total. The van der Waals surface area contributed by atoms with Crippen molar-refractivity contribution < 1.29 is 18.7 Å². The van der Waals surface area contributed by atoms with Gasteiger partial charge in [0.2, 0.25) is 11.8 Å². The van der Waals surface area contributed by atoms with Crippen molar-refractivity contribution >= 4 is 51.5 Å². The number of fused-ring (bicyclic) bond motifs is 1. The van der Waals surface area contributed by atoms with E-state index >= 15 is 0 Å². The van der Waals surface area contributed by atoms with E-state index in [-0.39, 0.29) is 30.2 Å². The highest BCUT2D eigenvalue weighted by atomic mass is 35.5. The van der Waals surface area contributed by atoms with Crippen LogP contribution < -0.4 is 20.7 Å². The van der Waals surface area contributed by atoms with Crippen molar-refractivity contribution in [3.05, 3.63) is 83.4 Å². The zero-order valence-corrected chi connectivity index (χ0v) is 21.8. The number of nitrogens with one attached hydrogen (secondary N) is 3. The van der Waals surface area contributed by atoms with Gasteiger partial charge in [-0.2, -0.15) is 0 Å². The van der Waals surface area contributed by atoms with Crippen molar-refractivity contribution in [2.24, 2.45) is 5.92 Å². The van der Waals surface area contributed by atoms with Crippen LogP contribution in [0.15, 0.2) is 67.0 Å². The van der Waals surface area contributed by atoms with E-state index in [9.17, 15) is 14.0 Å². The number of benzene rings is 3. The standard InChI is InChI=1S/C29H27ClFN5O3/c30-24-15-22(9-11-26(24)39-16-18-3-1-4-20(31)13-18)36-28-23-14-21(8-10-25(23)33-17-34-28)35-27(37)5-2-12-32-29(38)19-6-7-19/h1,3-4,8-11,13-15,17,19H,2,5-7,12,16H2,(H,32,38)(H,35,37)(H,33,34,36). The molecule has 0 saturated heterocycles. The van der Waals surface area contributed by atoms with Crippen LogP contribution in [0.3, 0.4) is 0 Å². The van der Waals surface area contributed by atoms with Gasteiger partial charge in [0.1, 0.15) is 30.3 Å². The summed E-state index contributed by atoms with van der Waals surface area (Å²) in [7, 11) is 0. The quantitative estimate of drug-likeness (QED) is 0.199. The molecule has 0 bridgehead atoms. The zero-order valence-electron chi connectivity index (χ0n) is 21.0. The highest BCUT2D eigenvalue weighted by Gasteiger charge is 2.29. The van der Waals surface area contributed by atoms with Gasteiger partial charge in [-0.15, -0.1) is 0 Å². The third-order valence-electron chi connectivity index (χ3n) is 6.23. The molecule has 1 aliphatic carbocycles. The second kappa shape index (κ2) is 12.1. The Bertz CT molecular complexity index is 1510.